The fraction of sp³-hybridized carbons (Fsp3) is 0.289. The molecule has 4 amide bonds. The number of aliphatic hydroxyl groups is 3. The second-order valence-corrected chi connectivity index (χ2v) is 33.1. The van der Waals surface area contributed by atoms with Gasteiger partial charge in [-0.2, -0.15) is 0 Å². The second kappa shape index (κ2) is 44.1. The Labute approximate surface area is 743 Å². The molecule has 0 saturated heterocycles. The van der Waals surface area contributed by atoms with Gasteiger partial charge in [0.15, 0.2) is 28.6 Å². The fourth-order valence-electron chi connectivity index (χ4n) is 14.8. The molecular formula is C97H89BrCl5N7O12. The molecule has 0 bridgehead atoms. The number of halogens is 6. The van der Waals surface area contributed by atoms with Crippen molar-refractivity contribution in [1.29, 1.82) is 0 Å². The van der Waals surface area contributed by atoms with Gasteiger partial charge >= 0.3 is 5.97 Å². The molecule has 4 saturated carbocycles. The predicted octanol–water partition coefficient (Wildman–Crippen LogP) is 18.2. The van der Waals surface area contributed by atoms with E-state index in [2.05, 4.69) is 99.5 Å². The highest BCUT2D eigenvalue weighted by Crippen LogP contribution is 2.37. The van der Waals surface area contributed by atoms with Crippen LogP contribution < -0.4 is 30.7 Å². The first-order valence-electron chi connectivity index (χ1n) is 39.8. The van der Waals surface area contributed by atoms with Crippen molar-refractivity contribution in [2.75, 3.05) is 14.2 Å². The lowest BCUT2D eigenvalue weighted by molar-refractivity contribution is -0.122. The SMILES string of the molecule is COc1cccc(C(=O)N[C@H]2CCC[C@](C#Cc3cccc(Cl)c3)(OC(=O)c3nccc4ccccc34)C2)c1OC.O=C(CCC(=O)c1ccccc1)N[C@H]1CCC[C@@](O)(C#Cc2cccc(Cl)c2)C1.O=C(N[C@H]1CCC[C@@](O)(C#Cc2cccc(Cl)c2)C1)c1cccnc1Cl.O=C(N[C@H]1CCC[C@@](O)(C#Cc2cccc(Cl)c2)C1)c1cncc(Br)c1. The Morgan fingerprint density at radius 1 is 0.459 bits per heavy atom. The van der Waals surface area contributed by atoms with E-state index >= 15 is 0 Å². The molecule has 4 fully saturated rings. The van der Waals surface area contributed by atoms with Crippen molar-refractivity contribution >= 4 is 120 Å². The molecule has 7 N–H and O–H groups in total. The Morgan fingerprint density at radius 3 is 1.45 bits per heavy atom. The maximum atomic E-state index is 13.6. The van der Waals surface area contributed by atoms with Gasteiger partial charge in [-0.15, -0.1) is 0 Å². The number of hydrogen-bond acceptors (Lipinski definition) is 15. The molecule has 0 unspecified atom stereocenters. The zero-order chi connectivity index (χ0) is 86.7. The van der Waals surface area contributed by atoms with Crippen LogP contribution in [0.1, 0.15) is 190 Å². The van der Waals surface area contributed by atoms with E-state index in [1.165, 1.54) is 26.6 Å². The highest BCUT2D eigenvalue weighted by atomic mass is 79.9. The molecule has 25 heteroatoms. The number of methoxy groups -OCH3 is 2. The Bertz CT molecular complexity index is 5700. The first-order chi connectivity index (χ1) is 58.7. The van der Waals surface area contributed by atoms with Gasteiger partial charge in [0.25, 0.3) is 17.7 Å². The first kappa shape index (κ1) is 91.7. The minimum absolute atomic E-state index is 0.0479. The number of pyridine rings is 3. The topological polar surface area (TPSA) is 278 Å². The number of ether oxygens (including phenoxy) is 3. The van der Waals surface area contributed by atoms with E-state index in [9.17, 15) is 44.1 Å². The van der Waals surface area contributed by atoms with E-state index in [0.29, 0.717) is 129 Å². The van der Waals surface area contributed by atoms with E-state index in [4.69, 9.17) is 72.2 Å². The largest absolute Gasteiger partial charge is 0.493 e. The number of ketones is 1. The Hall–Kier alpha value is -11.1. The van der Waals surface area contributed by atoms with Gasteiger partial charge in [-0.25, -0.2) is 14.8 Å². The summed E-state index contributed by atoms with van der Waals surface area (Å²) in [5.41, 5.74) is 0.396. The molecule has 19 nitrogen and oxygen atoms in total. The first-order valence-corrected chi connectivity index (χ1v) is 42.5. The third-order valence-corrected chi connectivity index (χ3v) is 22.4. The summed E-state index contributed by atoms with van der Waals surface area (Å²) in [6, 6.07) is 56.5. The molecule has 4 aliphatic rings. The average Bonchev–Trinajstić information content (AvgIpc) is 0.804. The number of esters is 1. The number of aromatic nitrogens is 3. The van der Waals surface area contributed by atoms with E-state index in [-0.39, 0.29) is 77.3 Å². The Kier molecular flexibility index (Phi) is 33.1. The van der Waals surface area contributed by atoms with Crippen molar-refractivity contribution in [2.45, 2.75) is 162 Å². The zero-order valence-electron chi connectivity index (χ0n) is 66.9. The average molecular weight is 1800 g/mol. The molecule has 14 rings (SSSR count). The number of amides is 4. The smallest absolute Gasteiger partial charge is 0.359 e. The third-order valence-electron chi connectivity index (χ3n) is 20.8. The summed E-state index contributed by atoms with van der Waals surface area (Å²) in [5, 5.41) is 48.5. The van der Waals surface area contributed by atoms with E-state index < -0.39 is 28.4 Å². The van der Waals surface area contributed by atoms with Gasteiger partial charge < -0.3 is 50.8 Å². The van der Waals surface area contributed by atoms with Crippen molar-refractivity contribution in [3.05, 3.63) is 299 Å². The maximum absolute atomic E-state index is 13.6. The summed E-state index contributed by atoms with van der Waals surface area (Å²) in [7, 11) is 3.01. The molecule has 8 atom stereocenters. The highest BCUT2D eigenvalue weighted by Gasteiger charge is 2.42. The molecule has 7 aromatic carbocycles. The van der Waals surface area contributed by atoms with Crippen molar-refractivity contribution in [2.24, 2.45) is 0 Å². The summed E-state index contributed by atoms with van der Waals surface area (Å²) in [4.78, 5) is 88.4. The van der Waals surface area contributed by atoms with Crippen LogP contribution in [0.2, 0.25) is 25.2 Å². The standard InChI is InChI=1S/C33H29ClN2O5.C24H24ClNO3.C20H18BrClN2O2.C20H18Cl2N2O2/c1-39-28-14-6-13-27(30(28)40-2)31(37)36-25-11-7-17-33(21-25,18-15-22-8-5-10-24(34)20-22)41-32(38)29-26-12-4-3-9-23(26)16-19-35-29;25-20-9-4-6-18(16-20)13-15-24(29)14-5-10-21(17-24)26-23(28)12-11-22(27)19-7-2-1-3-8-19;21-16-10-15(12-23-13-16)19(25)24-18-5-2-7-20(26,11-18)8-6-14-3-1-4-17(22)9-14;21-15-5-1-4-14(12-15)8-10-20(26)9-2-6-16(13-20)24-19(25)17-7-3-11-23-18(17)22/h3-6,8-10,12-14,16,19-20,25H,7,11,17,21H2,1-2H3,(H,36,37);1-4,6-9,16,21,29H,5,10-12,14,17H2,(H,26,28);1,3-4,9-10,12-13,18,26H,2,5,7,11H2,(H,24,25);1,3-5,7,11-12,16,26H,2,6,9,13H2,(H,24,25)/t25-,33+;21-,24+;18-,20+;16-,20+/m0000/s1. The van der Waals surface area contributed by atoms with Crippen LogP contribution in [-0.4, -0.2) is 126 Å². The van der Waals surface area contributed by atoms with Gasteiger partial charge in [-0.1, -0.05) is 184 Å². The van der Waals surface area contributed by atoms with Crippen LogP contribution in [0.3, 0.4) is 0 Å². The number of hydrogen-bond donors (Lipinski definition) is 7. The number of nitrogens with one attached hydrogen (secondary N) is 4. The molecule has 0 aliphatic heterocycles. The molecule has 4 aliphatic carbocycles. The lowest BCUT2D eigenvalue weighted by atomic mass is 9.81. The number of rotatable bonds is 15. The monoisotopic (exact) mass is 1800 g/mol. The number of fused-ring (bicyclic) bond motifs is 1. The van der Waals surface area contributed by atoms with E-state index in [1.807, 2.05) is 84.9 Å². The molecule has 626 valence electrons. The van der Waals surface area contributed by atoms with Crippen LogP contribution in [0.25, 0.3) is 10.8 Å². The molecule has 0 spiro atoms. The van der Waals surface area contributed by atoms with Crippen LogP contribution in [0.4, 0.5) is 0 Å². The van der Waals surface area contributed by atoms with Gasteiger partial charge in [-0.05, 0) is 213 Å². The number of Topliss-reactive ketones (excluding diaryl/α,β-unsaturated/α-hetero) is 1. The summed E-state index contributed by atoms with van der Waals surface area (Å²) in [5.74, 6) is 23.4. The predicted molar refractivity (Wildman–Crippen MR) is 478 cm³/mol. The normalized spacial score (nSPS) is 20.5. The minimum atomic E-state index is -1.16. The third kappa shape index (κ3) is 27.5. The number of carbonyl (C=O) groups excluding carboxylic acids is 6. The number of nitrogens with zero attached hydrogens (tertiary/aromatic N) is 3. The van der Waals surface area contributed by atoms with Gasteiger partial charge in [0, 0.05) is 145 Å². The number of benzene rings is 7. The van der Waals surface area contributed by atoms with Crippen molar-refractivity contribution in [3.63, 3.8) is 0 Å². The Morgan fingerprint density at radius 2 is 0.934 bits per heavy atom. The molecule has 3 aromatic heterocycles. The molecule has 122 heavy (non-hydrogen) atoms. The van der Waals surface area contributed by atoms with Crippen molar-refractivity contribution in [1.82, 2.24) is 36.2 Å². The van der Waals surface area contributed by atoms with Crippen LogP contribution in [0, 0.1) is 47.4 Å². The van der Waals surface area contributed by atoms with Crippen LogP contribution in [0.15, 0.2) is 223 Å². The molecule has 3 heterocycles. The Balaban J connectivity index is 0.000000162. The maximum Gasteiger partial charge on any atom is 0.359 e. The van der Waals surface area contributed by atoms with Gasteiger partial charge in [0.2, 0.25) is 5.91 Å². The van der Waals surface area contributed by atoms with Gasteiger partial charge in [-0.3, -0.25) is 29.0 Å². The van der Waals surface area contributed by atoms with Gasteiger partial charge in [0.1, 0.15) is 22.0 Å². The van der Waals surface area contributed by atoms with Crippen LogP contribution in [0.5, 0.6) is 11.5 Å². The minimum Gasteiger partial charge on any atom is -0.493 e. The van der Waals surface area contributed by atoms with Crippen molar-refractivity contribution < 1.29 is 58.3 Å². The summed E-state index contributed by atoms with van der Waals surface area (Å²) >= 11 is 33.4. The second-order valence-electron chi connectivity index (χ2n) is 30.1. The number of carbonyl (C=O) groups is 6. The highest BCUT2D eigenvalue weighted by molar-refractivity contribution is 9.10. The van der Waals surface area contributed by atoms with Crippen LogP contribution >= 0.6 is 73.9 Å². The van der Waals surface area contributed by atoms with Gasteiger partial charge in [0.05, 0.1) is 30.9 Å². The summed E-state index contributed by atoms with van der Waals surface area (Å²) in [6.07, 6.45) is 16.3. The number of para-hydroxylation sites is 1. The molecule has 10 aromatic rings. The fourth-order valence-corrected chi connectivity index (χ4v) is 16.2. The lowest BCUT2D eigenvalue weighted by Crippen LogP contribution is -2.47. The van der Waals surface area contributed by atoms with Crippen molar-refractivity contribution in [3.8, 4) is 58.9 Å². The van der Waals surface area contributed by atoms with Crippen LogP contribution in [-0.2, 0) is 9.53 Å². The zero-order valence-corrected chi connectivity index (χ0v) is 72.3. The lowest BCUT2D eigenvalue weighted by Gasteiger charge is -2.37. The molecule has 0 radical (unpaired) electrons. The quantitative estimate of drug-likeness (QED) is 0.0217. The summed E-state index contributed by atoms with van der Waals surface area (Å²) < 4.78 is 17.8. The molecular weight excluding hydrogens is 1710 g/mol. The van der Waals surface area contributed by atoms with E-state index in [0.717, 1.165) is 65.1 Å². The van der Waals surface area contributed by atoms with E-state index in [1.54, 1.807) is 122 Å². The summed E-state index contributed by atoms with van der Waals surface area (Å²) in [6.45, 7) is 0.